The largest absolute Gasteiger partial charge is 0.426 e. The van der Waals surface area contributed by atoms with E-state index in [0.717, 1.165) is 5.56 Å². The molecular formula is C16H14O2. The lowest BCUT2D eigenvalue weighted by Gasteiger charge is -2.12. The summed E-state index contributed by atoms with van der Waals surface area (Å²) in [7, 11) is 0. The van der Waals surface area contributed by atoms with Crippen molar-refractivity contribution in [2.24, 2.45) is 0 Å². The van der Waals surface area contributed by atoms with E-state index in [0.29, 0.717) is 5.75 Å². The van der Waals surface area contributed by atoms with Crippen LogP contribution < -0.4 is 4.74 Å². The van der Waals surface area contributed by atoms with Crippen LogP contribution in [-0.2, 0) is 4.79 Å². The van der Waals surface area contributed by atoms with Crippen molar-refractivity contribution in [1.29, 1.82) is 0 Å². The molecule has 2 aromatic carbocycles. The minimum atomic E-state index is -0.439. The van der Waals surface area contributed by atoms with Crippen molar-refractivity contribution in [2.45, 2.75) is 5.92 Å². The highest BCUT2D eigenvalue weighted by Gasteiger charge is 2.18. The second-order valence-electron chi connectivity index (χ2n) is 3.86. The SMILES string of the molecule is C=CC(C(=O)Oc1ccccc1)c1ccccc1. The molecule has 0 amide bonds. The van der Waals surface area contributed by atoms with Gasteiger partial charge < -0.3 is 4.74 Å². The predicted molar refractivity (Wildman–Crippen MR) is 71.5 cm³/mol. The van der Waals surface area contributed by atoms with E-state index in [1.807, 2.05) is 48.5 Å². The lowest BCUT2D eigenvalue weighted by molar-refractivity contribution is -0.134. The molecule has 18 heavy (non-hydrogen) atoms. The van der Waals surface area contributed by atoms with Gasteiger partial charge in [-0.25, -0.2) is 0 Å². The van der Waals surface area contributed by atoms with Crippen molar-refractivity contribution < 1.29 is 9.53 Å². The number of hydrogen-bond donors (Lipinski definition) is 0. The van der Waals surface area contributed by atoms with Crippen molar-refractivity contribution in [3.63, 3.8) is 0 Å². The van der Waals surface area contributed by atoms with Crippen LogP contribution in [0.2, 0.25) is 0 Å². The number of ether oxygens (including phenoxy) is 1. The number of para-hydroxylation sites is 1. The fraction of sp³-hybridized carbons (Fsp3) is 0.0625. The number of hydrogen-bond acceptors (Lipinski definition) is 2. The van der Waals surface area contributed by atoms with Gasteiger partial charge in [-0.15, -0.1) is 6.58 Å². The maximum absolute atomic E-state index is 12.1. The Bertz CT molecular complexity index is 517. The van der Waals surface area contributed by atoms with E-state index in [9.17, 15) is 4.79 Å². The van der Waals surface area contributed by atoms with Gasteiger partial charge in [0.15, 0.2) is 0 Å². The predicted octanol–water partition coefficient (Wildman–Crippen LogP) is 3.56. The van der Waals surface area contributed by atoms with Gasteiger partial charge in [-0.1, -0.05) is 54.6 Å². The van der Waals surface area contributed by atoms with Gasteiger partial charge in [0.05, 0.1) is 0 Å². The van der Waals surface area contributed by atoms with Crippen LogP contribution in [0, 0.1) is 0 Å². The summed E-state index contributed by atoms with van der Waals surface area (Å²) in [4.78, 5) is 12.1. The van der Waals surface area contributed by atoms with Crippen molar-refractivity contribution in [2.75, 3.05) is 0 Å². The third-order valence-electron chi connectivity index (χ3n) is 2.61. The van der Waals surface area contributed by atoms with Crippen LogP contribution in [0.3, 0.4) is 0 Å². The molecule has 1 unspecified atom stereocenters. The minimum absolute atomic E-state index is 0.317. The first-order valence-electron chi connectivity index (χ1n) is 5.75. The highest BCUT2D eigenvalue weighted by Crippen LogP contribution is 2.20. The first-order valence-corrected chi connectivity index (χ1v) is 5.75. The zero-order valence-electron chi connectivity index (χ0n) is 9.95. The Hall–Kier alpha value is -2.35. The van der Waals surface area contributed by atoms with Crippen molar-refractivity contribution in [1.82, 2.24) is 0 Å². The first-order chi connectivity index (χ1) is 8.81. The monoisotopic (exact) mass is 238 g/mol. The van der Waals surface area contributed by atoms with Crippen LogP contribution in [0.1, 0.15) is 11.5 Å². The second-order valence-corrected chi connectivity index (χ2v) is 3.86. The fourth-order valence-electron chi connectivity index (χ4n) is 1.70. The van der Waals surface area contributed by atoms with Crippen LogP contribution in [-0.4, -0.2) is 5.97 Å². The number of benzene rings is 2. The average molecular weight is 238 g/mol. The average Bonchev–Trinajstić information content (AvgIpc) is 2.42. The molecule has 2 aromatic rings. The third kappa shape index (κ3) is 2.86. The van der Waals surface area contributed by atoms with E-state index in [1.165, 1.54) is 0 Å². The molecule has 0 radical (unpaired) electrons. The summed E-state index contributed by atoms with van der Waals surface area (Å²) >= 11 is 0. The van der Waals surface area contributed by atoms with E-state index in [4.69, 9.17) is 4.74 Å². The zero-order chi connectivity index (χ0) is 12.8. The lowest BCUT2D eigenvalue weighted by Crippen LogP contribution is -2.16. The molecule has 2 heteroatoms. The quantitative estimate of drug-likeness (QED) is 0.462. The molecule has 0 aliphatic carbocycles. The minimum Gasteiger partial charge on any atom is -0.426 e. The van der Waals surface area contributed by atoms with Crippen molar-refractivity contribution in [3.05, 3.63) is 78.9 Å². The molecule has 0 bridgehead atoms. The van der Waals surface area contributed by atoms with Gasteiger partial charge in [-0.3, -0.25) is 4.79 Å². The number of carbonyl (C=O) groups is 1. The Kier molecular flexibility index (Phi) is 3.92. The fourth-order valence-corrected chi connectivity index (χ4v) is 1.70. The van der Waals surface area contributed by atoms with Gasteiger partial charge >= 0.3 is 5.97 Å². The molecule has 2 nitrogen and oxygen atoms in total. The molecule has 0 saturated heterocycles. The smallest absolute Gasteiger partial charge is 0.322 e. The number of esters is 1. The molecule has 0 heterocycles. The van der Waals surface area contributed by atoms with Gasteiger partial charge in [0.25, 0.3) is 0 Å². The highest BCUT2D eigenvalue weighted by molar-refractivity contribution is 5.82. The summed E-state index contributed by atoms with van der Waals surface area (Å²) in [5.74, 6) is -0.209. The molecule has 0 aliphatic rings. The van der Waals surface area contributed by atoms with E-state index in [-0.39, 0.29) is 5.97 Å². The Morgan fingerprint density at radius 2 is 1.56 bits per heavy atom. The molecule has 0 aliphatic heterocycles. The summed E-state index contributed by atoms with van der Waals surface area (Å²) in [6, 6.07) is 18.5. The molecule has 0 spiro atoms. The van der Waals surface area contributed by atoms with Gasteiger partial charge in [-0.2, -0.15) is 0 Å². The number of rotatable bonds is 4. The van der Waals surface area contributed by atoms with E-state index >= 15 is 0 Å². The Balaban J connectivity index is 2.14. The Morgan fingerprint density at radius 1 is 1.00 bits per heavy atom. The maximum atomic E-state index is 12.1. The van der Waals surface area contributed by atoms with Gasteiger partial charge in [0, 0.05) is 0 Å². The van der Waals surface area contributed by atoms with Gasteiger partial charge in [0.2, 0.25) is 0 Å². The topological polar surface area (TPSA) is 26.3 Å². The van der Waals surface area contributed by atoms with Crippen LogP contribution in [0.15, 0.2) is 73.3 Å². The van der Waals surface area contributed by atoms with Crippen molar-refractivity contribution >= 4 is 5.97 Å². The first kappa shape index (κ1) is 12.1. The summed E-state index contributed by atoms with van der Waals surface area (Å²) in [6.45, 7) is 3.70. The summed E-state index contributed by atoms with van der Waals surface area (Å²) in [5.41, 5.74) is 0.883. The molecule has 1 atom stereocenters. The highest BCUT2D eigenvalue weighted by atomic mass is 16.5. The van der Waals surface area contributed by atoms with Crippen LogP contribution >= 0.6 is 0 Å². The lowest BCUT2D eigenvalue weighted by atomic mass is 10.00. The second kappa shape index (κ2) is 5.82. The Labute approximate surface area is 107 Å². The van der Waals surface area contributed by atoms with Gasteiger partial charge in [0.1, 0.15) is 11.7 Å². The Morgan fingerprint density at radius 3 is 2.11 bits per heavy atom. The molecule has 0 saturated carbocycles. The maximum Gasteiger partial charge on any atom is 0.322 e. The van der Waals surface area contributed by atoms with E-state index in [1.54, 1.807) is 18.2 Å². The van der Waals surface area contributed by atoms with Crippen LogP contribution in [0.4, 0.5) is 0 Å². The summed E-state index contributed by atoms with van der Waals surface area (Å²) in [6.07, 6.45) is 1.60. The number of carbonyl (C=O) groups excluding carboxylic acids is 1. The van der Waals surface area contributed by atoms with E-state index < -0.39 is 5.92 Å². The summed E-state index contributed by atoms with van der Waals surface area (Å²) in [5, 5.41) is 0. The molecule has 90 valence electrons. The van der Waals surface area contributed by atoms with Gasteiger partial charge in [-0.05, 0) is 17.7 Å². The summed E-state index contributed by atoms with van der Waals surface area (Å²) < 4.78 is 5.31. The zero-order valence-corrected chi connectivity index (χ0v) is 9.95. The van der Waals surface area contributed by atoms with Crippen molar-refractivity contribution in [3.8, 4) is 5.75 Å². The van der Waals surface area contributed by atoms with Crippen LogP contribution in [0.5, 0.6) is 5.75 Å². The molecule has 0 aromatic heterocycles. The van der Waals surface area contributed by atoms with E-state index in [2.05, 4.69) is 6.58 Å². The normalized spacial score (nSPS) is 11.6. The molecule has 2 rings (SSSR count). The standard InChI is InChI=1S/C16H14O2/c1-2-15(13-9-5-3-6-10-13)16(17)18-14-11-7-4-8-12-14/h2-12,15H,1H2. The van der Waals surface area contributed by atoms with Crippen LogP contribution in [0.25, 0.3) is 0 Å². The third-order valence-corrected chi connectivity index (χ3v) is 2.61. The molecular weight excluding hydrogens is 224 g/mol. The molecule has 0 fully saturated rings. The molecule has 0 N–H and O–H groups in total.